The average Bonchev–Trinajstić information content (AvgIpc) is 2.43. The third-order valence-electron chi connectivity index (χ3n) is 3.82. The molecule has 0 atom stereocenters. The minimum atomic E-state index is 0.109. The van der Waals surface area contributed by atoms with Crippen LogP contribution in [-0.4, -0.2) is 50.0 Å². The Kier molecular flexibility index (Phi) is 4.60. The molecule has 0 radical (unpaired) electrons. The molecule has 5 heteroatoms. The first-order valence-electron chi connectivity index (χ1n) is 7.22. The van der Waals surface area contributed by atoms with Gasteiger partial charge >= 0.3 is 0 Å². The van der Waals surface area contributed by atoms with Crippen molar-refractivity contribution in [1.82, 2.24) is 9.88 Å². The number of aryl methyl sites for hydroxylation is 2. The van der Waals surface area contributed by atoms with E-state index in [2.05, 4.69) is 30.0 Å². The summed E-state index contributed by atoms with van der Waals surface area (Å²) in [6.45, 7) is 1.83. The zero-order valence-electron chi connectivity index (χ0n) is 12.7. The molecule has 1 aliphatic carbocycles. The summed E-state index contributed by atoms with van der Waals surface area (Å²) in [5.74, 6) is 0.956. The highest BCUT2D eigenvalue weighted by atomic mass is 15.2. The van der Waals surface area contributed by atoms with Gasteiger partial charge in [0.1, 0.15) is 11.7 Å². The summed E-state index contributed by atoms with van der Waals surface area (Å²) >= 11 is 0. The van der Waals surface area contributed by atoms with Crippen LogP contribution in [0.25, 0.3) is 0 Å². The van der Waals surface area contributed by atoms with E-state index in [-0.39, 0.29) is 5.84 Å². The van der Waals surface area contributed by atoms with Gasteiger partial charge in [0.15, 0.2) is 0 Å². The molecule has 0 saturated heterocycles. The molecule has 1 aromatic heterocycles. The molecular weight excluding hydrogens is 250 g/mol. The van der Waals surface area contributed by atoms with Gasteiger partial charge in [-0.1, -0.05) is 0 Å². The fraction of sp³-hybridized carbons (Fsp3) is 0.600. The smallest absolute Gasteiger partial charge is 0.139 e. The molecule has 1 aromatic rings. The van der Waals surface area contributed by atoms with E-state index in [1.807, 2.05) is 7.05 Å². The van der Waals surface area contributed by atoms with Crippen molar-refractivity contribution >= 4 is 11.7 Å². The van der Waals surface area contributed by atoms with Crippen LogP contribution in [0.4, 0.5) is 5.82 Å². The number of anilines is 1. The average molecular weight is 275 g/mol. The predicted octanol–water partition coefficient (Wildman–Crippen LogP) is 1.24. The van der Waals surface area contributed by atoms with Crippen LogP contribution in [0, 0.1) is 5.41 Å². The molecule has 0 amide bonds. The number of hydrogen-bond acceptors (Lipinski definition) is 4. The first-order valence-corrected chi connectivity index (χ1v) is 7.22. The Morgan fingerprint density at radius 1 is 1.25 bits per heavy atom. The summed E-state index contributed by atoms with van der Waals surface area (Å²) in [7, 11) is 6.13. The minimum absolute atomic E-state index is 0.109. The molecule has 0 fully saturated rings. The summed E-state index contributed by atoms with van der Waals surface area (Å²) in [5.41, 5.74) is 8.98. The van der Waals surface area contributed by atoms with Crippen LogP contribution in [0.5, 0.6) is 0 Å². The molecule has 20 heavy (non-hydrogen) atoms. The van der Waals surface area contributed by atoms with Crippen LogP contribution in [0.2, 0.25) is 0 Å². The summed E-state index contributed by atoms with van der Waals surface area (Å²) in [5, 5.41) is 7.80. The SMILES string of the molecule is CN(C)CCN(C)c1nc2c(cc1C(=N)N)CCCC2. The van der Waals surface area contributed by atoms with Crippen molar-refractivity contribution in [1.29, 1.82) is 5.41 Å². The number of nitrogens with one attached hydrogen (secondary N) is 1. The van der Waals surface area contributed by atoms with Gasteiger partial charge < -0.3 is 15.5 Å². The molecule has 1 heterocycles. The zero-order valence-corrected chi connectivity index (χ0v) is 12.7. The van der Waals surface area contributed by atoms with Crippen molar-refractivity contribution in [2.24, 2.45) is 5.73 Å². The normalized spacial score (nSPS) is 14.2. The van der Waals surface area contributed by atoms with Gasteiger partial charge in [-0.2, -0.15) is 0 Å². The van der Waals surface area contributed by atoms with E-state index in [0.29, 0.717) is 0 Å². The minimum Gasteiger partial charge on any atom is -0.384 e. The Bertz CT molecular complexity index is 495. The van der Waals surface area contributed by atoms with Crippen LogP contribution >= 0.6 is 0 Å². The molecule has 0 unspecified atom stereocenters. The molecule has 0 bridgehead atoms. The second-order valence-corrected chi connectivity index (χ2v) is 5.81. The van der Waals surface area contributed by atoms with Crippen LogP contribution in [-0.2, 0) is 12.8 Å². The van der Waals surface area contributed by atoms with Crippen molar-refractivity contribution in [2.45, 2.75) is 25.7 Å². The monoisotopic (exact) mass is 275 g/mol. The lowest BCUT2D eigenvalue weighted by atomic mass is 9.94. The molecule has 1 aliphatic rings. The largest absolute Gasteiger partial charge is 0.384 e. The van der Waals surface area contributed by atoms with Crippen LogP contribution < -0.4 is 10.6 Å². The summed E-state index contributed by atoms with van der Waals surface area (Å²) in [6, 6.07) is 2.07. The Morgan fingerprint density at radius 3 is 2.60 bits per heavy atom. The van der Waals surface area contributed by atoms with Gasteiger partial charge in [-0.3, -0.25) is 5.41 Å². The van der Waals surface area contributed by atoms with Gasteiger partial charge in [0.25, 0.3) is 0 Å². The van der Waals surface area contributed by atoms with Gasteiger partial charge in [0.2, 0.25) is 0 Å². The van der Waals surface area contributed by atoms with Crippen molar-refractivity contribution < 1.29 is 0 Å². The van der Waals surface area contributed by atoms with E-state index < -0.39 is 0 Å². The number of amidine groups is 1. The zero-order chi connectivity index (χ0) is 14.7. The number of likely N-dealkylation sites (N-methyl/N-ethyl adjacent to an activating group) is 2. The Hall–Kier alpha value is -1.62. The highest BCUT2D eigenvalue weighted by molar-refractivity contribution is 5.99. The molecule has 0 aromatic carbocycles. The van der Waals surface area contributed by atoms with Gasteiger partial charge in [-0.25, -0.2) is 4.98 Å². The Morgan fingerprint density at radius 2 is 1.95 bits per heavy atom. The van der Waals surface area contributed by atoms with Crippen LogP contribution in [0.1, 0.15) is 29.7 Å². The first kappa shape index (κ1) is 14.8. The Balaban J connectivity index is 2.32. The molecule has 5 nitrogen and oxygen atoms in total. The van der Waals surface area contributed by atoms with E-state index in [1.165, 1.54) is 24.1 Å². The number of nitrogens with zero attached hydrogens (tertiary/aromatic N) is 3. The summed E-state index contributed by atoms with van der Waals surface area (Å²) in [4.78, 5) is 9.04. The van der Waals surface area contributed by atoms with Gasteiger partial charge in [-0.05, 0) is 51.4 Å². The molecule has 2 rings (SSSR count). The van der Waals surface area contributed by atoms with E-state index in [1.54, 1.807) is 0 Å². The maximum atomic E-state index is 7.80. The van der Waals surface area contributed by atoms with Crippen molar-refractivity contribution in [3.63, 3.8) is 0 Å². The molecular formula is C15H25N5. The van der Waals surface area contributed by atoms with E-state index in [4.69, 9.17) is 16.1 Å². The second-order valence-electron chi connectivity index (χ2n) is 5.81. The Labute approximate surface area is 121 Å². The van der Waals surface area contributed by atoms with Gasteiger partial charge in [0.05, 0.1) is 5.56 Å². The summed E-state index contributed by atoms with van der Waals surface area (Å²) in [6.07, 6.45) is 4.52. The lowest BCUT2D eigenvalue weighted by Crippen LogP contribution is -2.31. The van der Waals surface area contributed by atoms with E-state index in [0.717, 1.165) is 37.3 Å². The van der Waals surface area contributed by atoms with E-state index >= 15 is 0 Å². The fourth-order valence-electron chi connectivity index (χ4n) is 2.57. The number of nitrogen functional groups attached to an aromatic ring is 1. The third-order valence-corrected chi connectivity index (χ3v) is 3.82. The first-order chi connectivity index (χ1) is 9.49. The number of nitrogens with two attached hydrogens (primary N) is 1. The highest BCUT2D eigenvalue weighted by Gasteiger charge is 2.18. The predicted molar refractivity (Wildman–Crippen MR) is 83.7 cm³/mol. The topological polar surface area (TPSA) is 69.2 Å². The maximum Gasteiger partial charge on any atom is 0.139 e. The molecule has 3 N–H and O–H groups in total. The van der Waals surface area contributed by atoms with Gasteiger partial charge in [-0.15, -0.1) is 0 Å². The molecule has 0 aliphatic heterocycles. The number of fused-ring (bicyclic) bond motifs is 1. The molecule has 0 saturated carbocycles. The number of hydrogen-bond donors (Lipinski definition) is 2. The maximum absolute atomic E-state index is 7.80. The standard InChI is InChI=1S/C15H25N5/c1-19(2)8-9-20(3)15-12(14(16)17)10-11-6-4-5-7-13(11)18-15/h10H,4-9H2,1-3H3,(H3,16,17). The summed E-state index contributed by atoms with van der Waals surface area (Å²) < 4.78 is 0. The van der Waals surface area contributed by atoms with E-state index in [9.17, 15) is 0 Å². The van der Waals surface area contributed by atoms with Crippen LogP contribution in [0.3, 0.4) is 0 Å². The van der Waals surface area contributed by atoms with Crippen molar-refractivity contribution in [2.75, 3.05) is 39.1 Å². The van der Waals surface area contributed by atoms with Crippen molar-refractivity contribution in [3.05, 3.63) is 22.9 Å². The third kappa shape index (κ3) is 3.28. The molecule has 110 valence electrons. The fourth-order valence-corrected chi connectivity index (χ4v) is 2.57. The highest BCUT2D eigenvalue weighted by Crippen LogP contribution is 2.26. The van der Waals surface area contributed by atoms with Crippen molar-refractivity contribution in [3.8, 4) is 0 Å². The second kappa shape index (κ2) is 6.22. The number of pyridine rings is 1. The van der Waals surface area contributed by atoms with Gasteiger partial charge in [0, 0.05) is 25.8 Å². The molecule has 0 spiro atoms. The number of rotatable bonds is 5. The van der Waals surface area contributed by atoms with Crippen LogP contribution in [0.15, 0.2) is 6.07 Å². The quantitative estimate of drug-likeness (QED) is 0.626. The lowest BCUT2D eigenvalue weighted by Gasteiger charge is -2.25. The number of aromatic nitrogens is 1. The lowest BCUT2D eigenvalue weighted by molar-refractivity contribution is 0.416.